The summed E-state index contributed by atoms with van der Waals surface area (Å²) in [5, 5.41) is 8.89. The smallest absolute Gasteiger partial charge is 0.310 e. The van der Waals surface area contributed by atoms with Crippen LogP contribution in [-0.2, 0) is 14.4 Å². The summed E-state index contributed by atoms with van der Waals surface area (Å²) in [5.74, 6) is -0.609. The summed E-state index contributed by atoms with van der Waals surface area (Å²) < 4.78 is 0.436. The number of aliphatic carboxylic acids is 1. The number of ketones is 1. The average molecular weight is 229 g/mol. The quantitative estimate of drug-likeness (QED) is 0.524. The average Bonchev–Trinajstić information content (AvgIpc) is 2.29. The normalized spacial score (nSPS) is 25.1. The molecule has 1 aliphatic rings. The van der Waals surface area contributed by atoms with E-state index < -0.39 is 5.97 Å². The van der Waals surface area contributed by atoms with E-state index in [0.717, 1.165) is 19.9 Å². The molecule has 1 unspecified atom stereocenters. The van der Waals surface area contributed by atoms with Crippen LogP contribution in [0, 0.1) is 0 Å². The second-order valence-electron chi connectivity index (χ2n) is 4.25. The number of hydrogen-bond acceptors (Lipinski definition) is 4. The van der Waals surface area contributed by atoms with E-state index in [0.29, 0.717) is 29.7 Å². The van der Waals surface area contributed by atoms with Gasteiger partial charge in [-0.05, 0) is 6.92 Å². The molecule has 0 spiro atoms. The van der Waals surface area contributed by atoms with Crippen LogP contribution in [-0.4, -0.2) is 42.3 Å². The van der Waals surface area contributed by atoms with E-state index in [9.17, 15) is 9.59 Å². The Morgan fingerprint density at radius 3 is 2.12 bits per heavy atom. The molecule has 1 heterocycles. The number of likely N-dealkylation sites (tertiary alicyclic amines) is 1. The molecule has 0 radical (unpaired) electrons. The molecule has 1 saturated heterocycles. The number of rotatable bonds is 0. The lowest BCUT2D eigenvalue weighted by atomic mass is 10.2. The lowest BCUT2D eigenvalue weighted by Crippen LogP contribution is -2.48. The summed E-state index contributed by atoms with van der Waals surface area (Å²) in [4.78, 5) is 31.2. The molecule has 0 aromatic heterocycles. The zero-order chi connectivity index (χ0) is 12.8. The van der Waals surface area contributed by atoms with Gasteiger partial charge in [0, 0.05) is 18.8 Å². The van der Waals surface area contributed by atoms with E-state index in [-0.39, 0.29) is 5.91 Å². The van der Waals surface area contributed by atoms with Crippen molar-refractivity contribution in [3.8, 4) is 0 Å². The molecular weight excluding hydrogens is 210 g/mol. The van der Waals surface area contributed by atoms with Crippen molar-refractivity contribution < 1.29 is 24.0 Å². The van der Waals surface area contributed by atoms with Crippen molar-refractivity contribution in [3.05, 3.63) is 0 Å². The van der Waals surface area contributed by atoms with Gasteiger partial charge >= 0.3 is 5.91 Å². The van der Waals surface area contributed by atoms with E-state index in [4.69, 9.17) is 9.90 Å². The van der Waals surface area contributed by atoms with Gasteiger partial charge in [0.25, 0.3) is 0 Å². The summed E-state index contributed by atoms with van der Waals surface area (Å²) >= 11 is 0. The van der Waals surface area contributed by atoms with Crippen LogP contribution in [0.4, 0.5) is 0 Å². The number of carboxylic acids is 1. The fraction of sp³-hybridized carbons (Fsp3) is 0.727. The van der Waals surface area contributed by atoms with Crippen LogP contribution in [0.5, 0.6) is 0 Å². The lowest BCUT2D eigenvalue weighted by molar-refractivity contribution is -0.832. The Balaban J connectivity index is 0.000000487. The zero-order valence-electron chi connectivity index (χ0n) is 10.1. The molecule has 0 N–H and O–H groups in total. The monoisotopic (exact) mass is 229 g/mol. The maximum Gasteiger partial charge on any atom is 0.310 e. The highest BCUT2D eigenvalue weighted by molar-refractivity contribution is 5.79. The Hall–Kier alpha value is -1.23. The van der Waals surface area contributed by atoms with Gasteiger partial charge in [-0.15, -0.1) is 0 Å². The standard InChI is InChI=1S/C9H16NO2.C2H4O2/c1-8(11)10(2)6-3-4-9(12)5-7-10;1-2(3)4/h3-7H2,1-2H3;1H3,(H,3,4)/q+1;/p-1. The second-order valence-corrected chi connectivity index (χ2v) is 4.25. The second kappa shape index (κ2) is 6.37. The van der Waals surface area contributed by atoms with Crippen LogP contribution in [0.3, 0.4) is 0 Å². The molecule has 5 nitrogen and oxygen atoms in total. The molecule has 5 heteroatoms. The van der Waals surface area contributed by atoms with Crippen LogP contribution in [0.25, 0.3) is 0 Å². The third-order valence-corrected chi connectivity index (χ3v) is 2.75. The fourth-order valence-corrected chi connectivity index (χ4v) is 1.55. The van der Waals surface area contributed by atoms with Crippen molar-refractivity contribution >= 4 is 17.7 Å². The molecule has 0 aromatic carbocycles. The number of carboxylic acid groups (broad SMARTS) is 1. The van der Waals surface area contributed by atoms with Crippen LogP contribution < -0.4 is 5.11 Å². The molecule has 1 amide bonds. The van der Waals surface area contributed by atoms with Gasteiger partial charge in [-0.1, -0.05) is 0 Å². The molecule has 92 valence electrons. The Morgan fingerprint density at radius 1 is 1.19 bits per heavy atom. The summed E-state index contributed by atoms with van der Waals surface area (Å²) in [7, 11) is 1.92. The van der Waals surface area contributed by atoms with Crippen molar-refractivity contribution in [3.63, 3.8) is 0 Å². The number of hydrogen-bond donors (Lipinski definition) is 0. The largest absolute Gasteiger partial charge is 0.550 e. The van der Waals surface area contributed by atoms with Crippen molar-refractivity contribution in [2.45, 2.75) is 33.1 Å². The number of Topliss-reactive ketones (excluding diaryl/α,β-unsaturated/α-hetero) is 1. The Labute approximate surface area is 95.6 Å². The minimum atomic E-state index is -1.08. The first-order chi connectivity index (χ1) is 7.28. The van der Waals surface area contributed by atoms with Crippen LogP contribution in [0.15, 0.2) is 0 Å². The highest BCUT2D eigenvalue weighted by atomic mass is 16.4. The minimum absolute atomic E-state index is 0.171. The van der Waals surface area contributed by atoms with Crippen molar-refractivity contribution in [2.24, 2.45) is 0 Å². The molecule has 0 aliphatic carbocycles. The molecule has 1 atom stereocenters. The van der Waals surface area contributed by atoms with Gasteiger partial charge in [-0.3, -0.25) is 9.28 Å². The van der Waals surface area contributed by atoms with E-state index in [2.05, 4.69) is 0 Å². The van der Waals surface area contributed by atoms with Gasteiger partial charge in [0.1, 0.15) is 5.78 Å². The highest BCUT2D eigenvalue weighted by Crippen LogP contribution is 2.13. The topological polar surface area (TPSA) is 74.3 Å². The first-order valence-corrected chi connectivity index (χ1v) is 5.33. The Bertz CT molecular complexity index is 284. The SMILES string of the molecule is CC(=O)[N+]1(C)CCCC(=O)CC1.CC(=O)[O-]. The van der Waals surface area contributed by atoms with E-state index in [1.165, 1.54) is 0 Å². The van der Waals surface area contributed by atoms with Crippen LogP contribution in [0.1, 0.15) is 33.1 Å². The Morgan fingerprint density at radius 2 is 1.69 bits per heavy atom. The van der Waals surface area contributed by atoms with Gasteiger partial charge in [-0.25, -0.2) is 4.79 Å². The molecular formula is C11H19NO4. The van der Waals surface area contributed by atoms with Crippen LogP contribution in [0.2, 0.25) is 0 Å². The third kappa shape index (κ3) is 5.60. The summed E-state index contributed by atoms with van der Waals surface area (Å²) in [5.41, 5.74) is 0. The lowest BCUT2D eigenvalue weighted by Gasteiger charge is -2.28. The first-order valence-electron chi connectivity index (χ1n) is 5.33. The fourth-order valence-electron chi connectivity index (χ4n) is 1.55. The van der Waals surface area contributed by atoms with Crippen LogP contribution >= 0.6 is 0 Å². The number of quaternary nitrogens is 1. The maximum absolute atomic E-state index is 11.2. The number of carbonyl (C=O) groups excluding carboxylic acids is 3. The molecule has 16 heavy (non-hydrogen) atoms. The van der Waals surface area contributed by atoms with Gasteiger partial charge in [0.15, 0.2) is 0 Å². The number of carbonyl (C=O) groups is 3. The minimum Gasteiger partial charge on any atom is -0.550 e. The molecule has 0 aromatic rings. The molecule has 1 aliphatic heterocycles. The number of amides is 1. The van der Waals surface area contributed by atoms with Gasteiger partial charge < -0.3 is 9.90 Å². The van der Waals surface area contributed by atoms with Gasteiger partial charge in [0.05, 0.1) is 33.5 Å². The zero-order valence-corrected chi connectivity index (χ0v) is 10.1. The first kappa shape index (κ1) is 14.8. The van der Waals surface area contributed by atoms with Gasteiger partial charge in [0.2, 0.25) is 0 Å². The third-order valence-electron chi connectivity index (χ3n) is 2.75. The Kier molecular flexibility index (Phi) is 5.88. The predicted molar refractivity (Wildman–Crippen MR) is 56.1 cm³/mol. The van der Waals surface area contributed by atoms with Crippen molar-refractivity contribution in [2.75, 3.05) is 20.1 Å². The van der Waals surface area contributed by atoms with Crippen molar-refractivity contribution in [1.82, 2.24) is 0 Å². The van der Waals surface area contributed by atoms with E-state index >= 15 is 0 Å². The highest BCUT2D eigenvalue weighted by Gasteiger charge is 2.30. The molecule has 1 fully saturated rings. The maximum atomic E-state index is 11.2. The number of nitrogens with zero attached hydrogens (tertiary/aromatic N) is 1. The van der Waals surface area contributed by atoms with Gasteiger partial charge in [-0.2, -0.15) is 0 Å². The molecule has 1 rings (SSSR count). The van der Waals surface area contributed by atoms with E-state index in [1.807, 2.05) is 7.05 Å². The van der Waals surface area contributed by atoms with Crippen molar-refractivity contribution in [1.29, 1.82) is 0 Å². The summed E-state index contributed by atoms with van der Waals surface area (Å²) in [6, 6.07) is 0. The molecule has 0 saturated carbocycles. The predicted octanol–water partition coefficient (Wildman–Crippen LogP) is -0.511. The molecule has 0 bridgehead atoms. The summed E-state index contributed by atoms with van der Waals surface area (Å²) in [6.07, 6.45) is 2.08. The van der Waals surface area contributed by atoms with E-state index in [1.54, 1.807) is 6.92 Å². The summed E-state index contributed by atoms with van der Waals surface area (Å²) in [6.45, 7) is 4.09.